The highest BCUT2D eigenvalue weighted by Crippen LogP contribution is 2.36. The highest BCUT2D eigenvalue weighted by atomic mass is 16.5. The Morgan fingerprint density at radius 1 is 1.10 bits per heavy atom. The molecule has 2 N–H and O–H groups in total. The fourth-order valence-corrected chi connectivity index (χ4v) is 3.04. The van der Waals surface area contributed by atoms with Crippen molar-refractivity contribution in [3.63, 3.8) is 0 Å². The highest BCUT2D eigenvalue weighted by molar-refractivity contribution is 5.92. The van der Waals surface area contributed by atoms with E-state index in [2.05, 4.69) is 15.1 Å². The summed E-state index contributed by atoms with van der Waals surface area (Å²) >= 11 is 0. The Morgan fingerprint density at radius 2 is 1.90 bits per heavy atom. The van der Waals surface area contributed by atoms with Crippen molar-refractivity contribution in [3.8, 4) is 11.5 Å². The van der Waals surface area contributed by atoms with Crippen molar-refractivity contribution < 1.29 is 4.52 Å². The molecule has 1 aromatic carbocycles. The lowest BCUT2D eigenvalue weighted by Crippen LogP contribution is -2.33. The summed E-state index contributed by atoms with van der Waals surface area (Å²) < 4.78 is 5.43. The molecule has 3 aromatic rings. The number of benzene rings is 1. The van der Waals surface area contributed by atoms with Crippen LogP contribution in [0, 0.1) is 0 Å². The van der Waals surface area contributed by atoms with E-state index in [9.17, 15) is 0 Å². The number of hydrogen-bond acceptors (Lipinski definition) is 5. The summed E-state index contributed by atoms with van der Waals surface area (Å²) in [5.41, 5.74) is 6.65. The van der Waals surface area contributed by atoms with Gasteiger partial charge in [-0.05, 0) is 24.3 Å². The number of pyridine rings is 1. The van der Waals surface area contributed by atoms with E-state index < -0.39 is 5.54 Å². The van der Waals surface area contributed by atoms with Crippen LogP contribution in [-0.2, 0) is 5.54 Å². The lowest BCUT2D eigenvalue weighted by molar-refractivity contribution is 0.285. The highest BCUT2D eigenvalue weighted by Gasteiger charge is 2.37. The van der Waals surface area contributed by atoms with Gasteiger partial charge in [0.1, 0.15) is 5.69 Å². The minimum absolute atomic E-state index is 0.462. The molecule has 2 heterocycles. The Hall–Kier alpha value is -2.27. The number of nitrogens with two attached hydrogens (primary N) is 1. The van der Waals surface area contributed by atoms with Gasteiger partial charge < -0.3 is 10.3 Å². The first-order chi connectivity index (χ1) is 10.3. The molecule has 0 saturated heterocycles. The second kappa shape index (κ2) is 4.63. The van der Waals surface area contributed by atoms with E-state index in [1.54, 1.807) is 6.20 Å². The van der Waals surface area contributed by atoms with Gasteiger partial charge in [-0.15, -0.1) is 0 Å². The quantitative estimate of drug-likeness (QED) is 0.780. The number of fused-ring (bicyclic) bond motifs is 1. The average molecular weight is 280 g/mol. The summed E-state index contributed by atoms with van der Waals surface area (Å²) in [7, 11) is 0. The molecule has 0 spiro atoms. The van der Waals surface area contributed by atoms with Crippen LogP contribution in [0.5, 0.6) is 0 Å². The van der Waals surface area contributed by atoms with Gasteiger partial charge in [-0.3, -0.25) is 4.98 Å². The summed E-state index contributed by atoms with van der Waals surface area (Å²) in [6, 6.07) is 10.0. The molecule has 0 atom stereocenters. The molecule has 0 aliphatic heterocycles. The largest absolute Gasteiger partial charge is 0.337 e. The second-order valence-corrected chi connectivity index (χ2v) is 5.67. The third kappa shape index (κ3) is 2.01. The predicted octanol–water partition coefficient (Wildman–Crippen LogP) is 3.01. The zero-order valence-electron chi connectivity index (χ0n) is 11.6. The summed E-state index contributed by atoms with van der Waals surface area (Å²) in [6.07, 6.45) is 5.79. The van der Waals surface area contributed by atoms with Gasteiger partial charge in [0.2, 0.25) is 11.7 Å². The van der Waals surface area contributed by atoms with Crippen molar-refractivity contribution in [2.24, 2.45) is 5.73 Å². The molecule has 2 aromatic heterocycles. The molecule has 1 fully saturated rings. The van der Waals surface area contributed by atoms with E-state index in [1.165, 1.54) is 0 Å². The van der Waals surface area contributed by atoms with Crippen molar-refractivity contribution in [3.05, 3.63) is 42.4 Å². The minimum Gasteiger partial charge on any atom is -0.337 e. The van der Waals surface area contributed by atoms with Crippen molar-refractivity contribution in [1.29, 1.82) is 0 Å². The lowest BCUT2D eigenvalue weighted by Gasteiger charge is -2.17. The van der Waals surface area contributed by atoms with E-state index in [-0.39, 0.29) is 0 Å². The fourth-order valence-electron chi connectivity index (χ4n) is 3.04. The van der Waals surface area contributed by atoms with Crippen LogP contribution in [0.3, 0.4) is 0 Å². The van der Waals surface area contributed by atoms with Crippen LogP contribution in [0.1, 0.15) is 31.6 Å². The normalized spacial score (nSPS) is 17.4. The topological polar surface area (TPSA) is 77.8 Å². The summed E-state index contributed by atoms with van der Waals surface area (Å²) in [5.74, 6) is 1.04. The maximum atomic E-state index is 6.37. The number of hydrogen-bond donors (Lipinski definition) is 1. The van der Waals surface area contributed by atoms with Gasteiger partial charge in [0, 0.05) is 11.6 Å². The molecule has 0 bridgehead atoms. The maximum Gasteiger partial charge on any atom is 0.247 e. The molecular formula is C16H16N4O. The molecule has 5 nitrogen and oxygen atoms in total. The van der Waals surface area contributed by atoms with Crippen LogP contribution < -0.4 is 5.73 Å². The van der Waals surface area contributed by atoms with Gasteiger partial charge in [0.15, 0.2) is 0 Å². The average Bonchev–Trinajstić information content (AvgIpc) is 3.16. The second-order valence-electron chi connectivity index (χ2n) is 5.67. The van der Waals surface area contributed by atoms with Crippen LogP contribution in [0.2, 0.25) is 0 Å². The predicted molar refractivity (Wildman–Crippen MR) is 79.4 cm³/mol. The summed E-state index contributed by atoms with van der Waals surface area (Å²) in [6.45, 7) is 0. The monoisotopic (exact) mass is 280 g/mol. The van der Waals surface area contributed by atoms with Gasteiger partial charge in [-0.25, -0.2) is 0 Å². The number of aromatic nitrogens is 3. The number of rotatable bonds is 2. The van der Waals surface area contributed by atoms with E-state index in [1.807, 2.05) is 30.3 Å². The standard InChI is InChI=1S/C16H16N4O/c17-16(8-3-4-9-16)15-19-14(20-21-15)13-12-6-2-1-5-11(12)7-10-18-13/h1-2,5-7,10H,3-4,8-9,17H2. The molecule has 5 heteroatoms. The van der Waals surface area contributed by atoms with Gasteiger partial charge >= 0.3 is 0 Å². The van der Waals surface area contributed by atoms with Crippen molar-refractivity contribution in [2.45, 2.75) is 31.2 Å². The summed E-state index contributed by atoms with van der Waals surface area (Å²) in [5, 5.41) is 6.22. The van der Waals surface area contributed by atoms with Crippen LogP contribution in [0.4, 0.5) is 0 Å². The molecule has 0 radical (unpaired) electrons. The molecule has 1 aliphatic carbocycles. The van der Waals surface area contributed by atoms with Crippen LogP contribution in [0.25, 0.3) is 22.3 Å². The first-order valence-corrected chi connectivity index (χ1v) is 7.23. The lowest BCUT2D eigenvalue weighted by atomic mass is 9.99. The molecule has 0 amide bonds. The van der Waals surface area contributed by atoms with E-state index in [0.29, 0.717) is 11.7 Å². The SMILES string of the molecule is NC1(c2nc(-c3nccc4ccccc34)no2)CCCC1. The van der Waals surface area contributed by atoms with Crippen molar-refractivity contribution in [2.75, 3.05) is 0 Å². The number of nitrogens with zero attached hydrogens (tertiary/aromatic N) is 3. The zero-order chi connectivity index (χ0) is 14.3. The Balaban J connectivity index is 1.81. The van der Waals surface area contributed by atoms with Gasteiger partial charge in [-0.2, -0.15) is 4.98 Å². The Morgan fingerprint density at radius 3 is 2.76 bits per heavy atom. The van der Waals surface area contributed by atoms with Crippen LogP contribution in [-0.4, -0.2) is 15.1 Å². The van der Waals surface area contributed by atoms with Gasteiger partial charge in [-0.1, -0.05) is 42.3 Å². The Kier molecular flexibility index (Phi) is 2.75. The summed E-state index contributed by atoms with van der Waals surface area (Å²) in [4.78, 5) is 8.93. The van der Waals surface area contributed by atoms with Crippen molar-refractivity contribution >= 4 is 10.8 Å². The first-order valence-electron chi connectivity index (χ1n) is 7.23. The molecule has 4 rings (SSSR count). The molecule has 21 heavy (non-hydrogen) atoms. The van der Waals surface area contributed by atoms with E-state index >= 15 is 0 Å². The fraction of sp³-hybridized carbons (Fsp3) is 0.312. The van der Waals surface area contributed by atoms with Crippen molar-refractivity contribution in [1.82, 2.24) is 15.1 Å². The maximum absolute atomic E-state index is 6.37. The van der Waals surface area contributed by atoms with Gasteiger partial charge in [0.25, 0.3) is 0 Å². The minimum atomic E-state index is -0.462. The van der Waals surface area contributed by atoms with Crippen LogP contribution >= 0.6 is 0 Å². The zero-order valence-corrected chi connectivity index (χ0v) is 11.6. The molecule has 1 saturated carbocycles. The smallest absolute Gasteiger partial charge is 0.247 e. The van der Waals surface area contributed by atoms with E-state index in [0.717, 1.165) is 42.1 Å². The third-order valence-corrected chi connectivity index (χ3v) is 4.23. The Bertz CT molecular complexity index is 784. The Labute approximate surface area is 122 Å². The molecule has 1 aliphatic rings. The van der Waals surface area contributed by atoms with E-state index in [4.69, 9.17) is 10.3 Å². The third-order valence-electron chi connectivity index (χ3n) is 4.23. The first kappa shape index (κ1) is 12.5. The van der Waals surface area contributed by atoms with Crippen LogP contribution in [0.15, 0.2) is 41.1 Å². The molecule has 106 valence electrons. The molecular weight excluding hydrogens is 264 g/mol. The van der Waals surface area contributed by atoms with Gasteiger partial charge in [0.05, 0.1) is 5.54 Å². The molecule has 0 unspecified atom stereocenters.